The molecule has 0 spiro atoms. The predicted octanol–water partition coefficient (Wildman–Crippen LogP) is 11.6. The minimum Gasteiger partial charge on any atom is -0.399 e. The summed E-state index contributed by atoms with van der Waals surface area (Å²) in [4.78, 5) is 91.1. The number of amides is 2. The van der Waals surface area contributed by atoms with Gasteiger partial charge in [-0.1, -0.05) is 86.3 Å². The molecule has 24 heteroatoms. The van der Waals surface area contributed by atoms with Crippen molar-refractivity contribution >= 4 is 108 Å². The number of imidazole rings is 1. The molecular formula is C68H66BBrF5N9O8. The summed E-state index contributed by atoms with van der Waals surface area (Å²) in [5.74, 6) is -3.74. The molecule has 17 nitrogen and oxygen atoms in total. The smallest absolute Gasteiger partial charge is 0.399 e. The fourth-order valence-electron chi connectivity index (χ4n) is 11.9. The Bertz CT molecular complexity index is 4400. The fourth-order valence-corrected chi connectivity index (χ4v) is 12.2. The maximum Gasteiger partial charge on any atom is 0.497 e. The van der Waals surface area contributed by atoms with Gasteiger partial charge in [0.05, 0.1) is 74.9 Å². The lowest BCUT2D eigenvalue weighted by molar-refractivity contribution is -0.138. The number of ketones is 4. The molecule has 0 saturated carbocycles. The number of benzene rings is 6. The zero-order chi connectivity index (χ0) is 64.8. The average Bonchev–Trinajstić information content (AvgIpc) is 1.62. The monoisotopic (exact) mass is 1320 g/mol. The molecule has 13 rings (SSSR count). The number of rotatable bonds is 14. The van der Waals surface area contributed by atoms with Crippen LogP contribution in [0.5, 0.6) is 0 Å². The predicted molar refractivity (Wildman–Crippen MR) is 343 cm³/mol. The molecule has 476 valence electrons. The zero-order valence-corrected chi connectivity index (χ0v) is 52.1. The van der Waals surface area contributed by atoms with Crippen molar-refractivity contribution in [2.45, 2.75) is 130 Å². The number of aromatic amines is 1. The van der Waals surface area contributed by atoms with E-state index < -0.39 is 77.8 Å². The number of fused-ring (bicyclic) bond motifs is 4. The maximum absolute atomic E-state index is 15.6. The van der Waals surface area contributed by atoms with Crippen LogP contribution >= 0.6 is 15.9 Å². The Labute approximate surface area is 535 Å². The molecule has 6 aromatic carbocycles. The van der Waals surface area contributed by atoms with E-state index in [1.165, 1.54) is 45.1 Å². The lowest BCUT2D eigenvalue weighted by atomic mass is 9.77. The van der Waals surface area contributed by atoms with E-state index in [1.807, 2.05) is 33.8 Å². The Hall–Kier alpha value is -8.87. The van der Waals surface area contributed by atoms with Crippen LogP contribution in [0, 0.1) is 17.5 Å². The van der Waals surface area contributed by atoms with Crippen molar-refractivity contribution in [2.75, 3.05) is 13.1 Å². The average molecular weight is 1320 g/mol. The number of likely N-dealkylation sites (tertiary alicyclic amines) is 2. The molecule has 0 unspecified atom stereocenters. The van der Waals surface area contributed by atoms with E-state index >= 15 is 8.78 Å². The number of alkyl halides is 2. The molecular weight excluding hydrogens is 1260 g/mol. The number of aliphatic imine (C=N–C) groups is 1. The van der Waals surface area contributed by atoms with Gasteiger partial charge in [-0.3, -0.25) is 43.1 Å². The van der Waals surface area contributed by atoms with Gasteiger partial charge >= 0.3 is 7.12 Å². The first-order valence-electron chi connectivity index (χ1n) is 29.6. The normalized spacial score (nSPS) is 18.5. The van der Waals surface area contributed by atoms with Crippen LogP contribution in [0.25, 0.3) is 44.0 Å². The Morgan fingerprint density at radius 3 is 1.72 bits per heavy atom. The quantitative estimate of drug-likeness (QED) is 0.0616. The van der Waals surface area contributed by atoms with Gasteiger partial charge in [-0.05, 0) is 96.7 Å². The zero-order valence-electron chi connectivity index (χ0n) is 50.5. The second-order valence-electron chi connectivity index (χ2n) is 23.9. The molecule has 2 amide bonds. The molecule has 92 heavy (non-hydrogen) atoms. The third kappa shape index (κ3) is 13.3. The highest BCUT2D eigenvalue weighted by Gasteiger charge is 2.53. The number of hydrogen-bond acceptors (Lipinski definition) is 12. The highest BCUT2D eigenvalue weighted by atomic mass is 79.9. The second kappa shape index (κ2) is 26.8. The number of nitrogens with one attached hydrogen (secondary N) is 1. The number of halogens is 6. The van der Waals surface area contributed by atoms with Gasteiger partial charge < -0.3 is 24.1 Å². The van der Waals surface area contributed by atoms with Gasteiger partial charge in [0, 0.05) is 79.5 Å². The van der Waals surface area contributed by atoms with Crippen LogP contribution in [0.3, 0.4) is 0 Å². The number of Topliss-reactive ketones (excluding diaryl/α,β-unsaturated/α-hetero) is 4. The maximum atomic E-state index is 15.6. The molecule has 3 aromatic heterocycles. The number of carbonyl (C=O) groups is 6. The Morgan fingerprint density at radius 2 is 1.17 bits per heavy atom. The lowest BCUT2D eigenvalue weighted by Crippen LogP contribution is -2.43. The third-order valence-electron chi connectivity index (χ3n) is 17.3. The topological polar surface area (TPSA) is 204 Å². The van der Waals surface area contributed by atoms with Crippen molar-refractivity contribution in [3.05, 3.63) is 172 Å². The van der Waals surface area contributed by atoms with Crippen molar-refractivity contribution in [1.82, 2.24) is 39.3 Å². The van der Waals surface area contributed by atoms with E-state index in [1.54, 1.807) is 110 Å². The van der Waals surface area contributed by atoms with Crippen LogP contribution in [-0.2, 0) is 60.8 Å². The largest absolute Gasteiger partial charge is 0.497 e. The van der Waals surface area contributed by atoms with E-state index in [4.69, 9.17) is 9.31 Å². The van der Waals surface area contributed by atoms with Gasteiger partial charge in [-0.25, -0.2) is 26.9 Å². The summed E-state index contributed by atoms with van der Waals surface area (Å²) in [5.41, 5.74) is 4.71. The summed E-state index contributed by atoms with van der Waals surface area (Å²) < 4.78 is 88.8. The van der Waals surface area contributed by atoms with Crippen molar-refractivity contribution in [2.24, 2.45) is 4.99 Å². The molecule has 4 aliphatic heterocycles. The van der Waals surface area contributed by atoms with Crippen LogP contribution < -0.4 is 5.46 Å². The summed E-state index contributed by atoms with van der Waals surface area (Å²) in [7, 11) is -0.941. The van der Waals surface area contributed by atoms with Crippen LogP contribution in [0.15, 0.2) is 131 Å². The van der Waals surface area contributed by atoms with E-state index in [2.05, 4.69) is 41.1 Å². The van der Waals surface area contributed by atoms with Gasteiger partial charge in [0.2, 0.25) is 11.8 Å². The van der Waals surface area contributed by atoms with E-state index in [0.29, 0.717) is 49.4 Å². The van der Waals surface area contributed by atoms with Crippen molar-refractivity contribution in [3.8, 4) is 11.1 Å². The molecule has 4 aliphatic rings. The summed E-state index contributed by atoms with van der Waals surface area (Å²) in [6.07, 6.45) is 0.206. The fraction of sp³-hybridized carbons (Fsp3) is 0.324. The Morgan fingerprint density at radius 1 is 0.652 bits per heavy atom. The molecule has 3 fully saturated rings. The Kier molecular flexibility index (Phi) is 19.2. The first kappa shape index (κ1) is 66.1. The van der Waals surface area contributed by atoms with Crippen molar-refractivity contribution < 1.29 is 60.0 Å². The SMILES string of the molecule is C.CC(=O)c1nn(CC(=O)N2C[C@H](F)C[C@H]2C(=O)Cc2cccc(-c3ccc4nc[nH]c4c3)c2F)c2ccccc12.CC(=O)c1nn(CC(=O)N2C[C@H](F)C[C@H]2C(=O)Cc2cccc(B3OC(C)(C)C(C)(C)O3)c2F)c2ccccc12.Fc1c(Br)ccc2c1CC=N2. The summed E-state index contributed by atoms with van der Waals surface area (Å²) in [5, 5.41) is 9.83. The first-order chi connectivity index (χ1) is 43.4. The first-order valence-corrected chi connectivity index (χ1v) is 30.4. The van der Waals surface area contributed by atoms with Crippen molar-refractivity contribution in [1.29, 1.82) is 0 Å². The summed E-state index contributed by atoms with van der Waals surface area (Å²) in [6.45, 7) is 9.24. The number of hydrogen-bond donors (Lipinski definition) is 1. The molecule has 7 heterocycles. The van der Waals surface area contributed by atoms with E-state index in [0.717, 1.165) is 16.7 Å². The summed E-state index contributed by atoms with van der Waals surface area (Å²) in [6, 6.07) is 30.3. The molecule has 0 radical (unpaired) electrons. The molecule has 3 saturated heterocycles. The van der Waals surface area contributed by atoms with Gasteiger partial charge in [0.25, 0.3) is 0 Å². The molecule has 1 N–H and O–H groups in total. The Balaban J connectivity index is 0.000000171. The number of para-hydroxylation sites is 2. The number of aromatic nitrogens is 6. The van der Waals surface area contributed by atoms with Crippen molar-refractivity contribution in [3.63, 3.8) is 0 Å². The second-order valence-corrected chi connectivity index (χ2v) is 24.8. The van der Waals surface area contributed by atoms with Crippen LogP contribution in [-0.4, -0.2) is 136 Å². The molecule has 0 bridgehead atoms. The lowest BCUT2D eigenvalue weighted by Gasteiger charge is -2.32. The minimum absolute atomic E-state index is 0. The van der Waals surface area contributed by atoms with Gasteiger partial charge in [0.15, 0.2) is 23.1 Å². The number of carbonyl (C=O) groups excluding carboxylic acids is 6. The third-order valence-corrected chi connectivity index (χ3v) is 17.9. The molecule has 0 aliphatic carbocycles. The van der Waals surface area contributed by atoms with E-state index in [-0.39, 0.29) is 105 Å². The number of H-pyrrole nitrogens is 1. The number of nitrogens with zero attached hydrogens (tertiary/aromatic N) is 8. The van der Waals surface area contributed by atoms with Crippen LogP contribution in [0.4, 0.5) is 27.6 Å². The van der Waals surface area contributed by atoms with Crippen LogP contribution in [0.1, 0.15) is 99.5 Å². The summed E-state index contributed by atoms with van der Waals surface area (Å²) >= 11 is 3.12. The molecule has 9 aromatic rings. The highest BCUT2D eigenvalue weighted by Crippen LogP contribution is 2.38. The van der Waals surface area contributed by atoms with E-state index in [9.17, 15) is 41.9 Å². The van der Waals surface area contributed by atoms with Gasteiger partial charge in [-0.2, -0.15) is 10.2 Å². The standard InChI is InChI=1S/C30H25F2N5O3.C29H32BF2N3O5.C8H5BrFN.CH4/c1-17(38)30-22-6-2-3-8-25(22)37(35-30)15-28(40)36-14-20(31)13-26(36)27(39)12-19-5-4-7-21(29(19)32)18-9-10-23-24(11-18)34-16-33-23;1-17(36)27-20-10-6-7-12-22(20)35(33-27)16-25(38)34-15-19(31)14-23(34)24(37)13-18-9-8-11-21(26(18)32)30-39-28(2,3)29(4,5)40-30;9-6-1-2-7-5(8(6)10)3-4-11-7;/h2-11,16,20,26H,12-15H2,1H3,(H,33,34);6-12,19,23H,13-16H2,1-5H3;1-2,4H,3H2;1H4/t20-,26+;19-,23+;;/m11../s1. The molecule has 4 atom stereocenters. The minimum atomic E-state index is -1.39. The van der Waals surface area contributed by atoms with Gasteiger partial charge in [-0.15, -0.1) is 0 Å². The van der Waals surface area contributed by atoms with Gasteiger partial charge in [0.1, 0.15) is 54.3 Å². The highest BCUT2D eigenvalue weighted by molar-refractivity contribution is 9.10. The van der Waals surface area contributed by atoms with Crippen LogP contribution in [0.2, 0.25) is 0 Å².